The van der Waals surface area contributed by atoms with E-state index in [2.05, 4.69) is 20.9 Å². The molecule has 1 aliphatic heterocycles. The Labute approximate surface area is 224 Å². The lowest BCUT2D eigenvalue weighted by Gasteiger charge is -2.31. The van der Waals surface area contributed by atoms with E-state index in [-0.39, 0.29) is 12.5 Å². The summed E-state index contributed by atoms with van der Waals surface area (Å²) in [6, 6.07) is 11.6. The Bertz CT molecular complexity index is 1250. The number of benzene rings is 2. The van der Waals surface area contributed by atoms with Gasteiger partial charge in [0.2, 0.25) is 5.89 Å². The second kappa shape index (κ2) is 12.3. The highest BCUT2D eigenvalue weighted by atomic mass is 79.9. The standard InChI is InChI=1S/C28H31BrN2O6/c1-3-15-36-28(34)31-14-12-22-23(17-31)19(7-11-26(32)33)6-10-25(22)35-16-13-24-18(2)37-27(30-24)20-4-8-21(29)9-5-20/h4-6,8-10H,3,7,11-17H2,1-2H3,(H,32,33). The van der Waals surface area contributed by atoms with Crippen LogP contribution in [0.4, 0.5) is 4.79 Å². The van der Waals surface area contributed by atoms with Crippen LogP contribution in [0.1, 0.15) is 47.9 Å². The molecular weight excluding hydrogens is 540 g/mol. The Morgan fingerprint density at radius 1 is 1.11 bits per heavy atom. The zero-order valence-electron chi connectivity index (χ0n) is 21.1. The van der Waals surface area contributed by atoms with E-state index in [9.17, 15) is 14.7 Å². The molecule has 0 spiro atoms. The van der Waals surface area contributed by atoms with Crippen LogP contribution in [0.25, 0.3) is 11.5 Å². The van der Waals surface area contributed by atoms with Crippen molar-refractivity contribution in [2.45, 2.75) is 52.5 Å². The number of rotatable bonds is 10. The average molecular weight is 571 g/mol. The predicted molar refractivity (Wildman–Crippen MR) is 142 cm³/mol. The average Bonchev–Trinajstić information content (AvgIpc) is 3.26. The number of amides is 1. The highest BCUT2D eigenvalue weighted by molar-refractivity contribution is 9.10. The summed E-state index contributed by atoms with van der Waals surface area (Å²) >= 11 is 3.44. The molecule has 9 heteroatoms. The molecule has 196 valence electrons. The van der Waals surface area contributed by atoms with Gasteiger partial charge in [0.1, 0.15) is 11.5 Å². The van der Waals surface area contributed by atoms with Crippen molar-refractivity contribution in [3.8, 4) is 17.2 Å². The Morgan fingerprint density at radius 2 is 1.89 bits per heavy atom. The maximum absolute atomic E-state index is 12.5. The van der Waals surface area contributed by atoms with Gasteiger partial charge in [-0.2, -0.15) is 0 Å². The number of hydrogen-bond acceptors (Lipinski definition) is 6. The molecule has 8 nitrogen and oxygen atoms in total. The van der Waals surface area contributed by atoms with Gasteiger partial charge in [-0.3, -0.25) is 4.79 Å². The Hall–Kier alpha value is -3.33. The highest BCUT2D eigenvalue weighted by Gasteiger charge is 2.26. The molecule has 0 fully saturated rings. The van der Waals surface area contributed by atoms with Gasteiger partial charge in [-0.15, -0.1) is 0 Å². The SMILES string of the molecule is CCCOC(=O)N1CCc2c(OCCc3nc(-c4ccc(Br)cc4)oc3C)ccc(CCC(=O)O)c2C1. The van der Waals surface area contributed by atoms with Gasteiger partial charge in [0.15, 0.2) is 0 Å². The number of aromatic nitrogens is 1. The summed E-state index contributed by atoms with van der Waals surface area (Å²) in [7, 11) is 0. The van der Waals surface area contributed by atoms with Crippen LogP contribution in [0, 0.1) is 6.92 Å². The number of hydrogen-bond donors (Lipinski definition) is 1. The smallest absolute Gasteiger partial charge is 0.410 e. The Morgan fingerprint density at radius 3 is 2.62 bits per heavy atom. The third kappa shape index (κ3) is 6.71. The lowest BCUT2D eigenvalue weighted by atomic mass is 9.92. The minimum absolute atomic E-state index is 0.0268. The first-order valence-electron chi connectivity index (χ1n) is 12.5. The molecule has 0 unspecified atom stereocenters. The molecule has 0 radical (unpaired) electrons. The normalized spacial score (nSPS) is 12.8. The van der Waals surface area contributed by atoms with E-state index in [0.717, 1.165) is 50.4 Å². The topological polar surface area (TPSA) is 102 Å². The minimum atomic E-state index is -0.852. The van der Waals surface area contributed by atoms with E-state index in [1.54, 1.807) is 4.90 Å². The van der Waals surface area contributed by atoms with E-state index in [1.807, 2.05) is 50.2 Å². The van der Waals surface area contributed by atoms with Gasteiger partial charge in [-0.25, -0.2) is 9.78 Å². The van der Waals surface area contributed by atoms with Gasteiger partial charge in [0.05, 0.1) is 18.9 Å². The molecule has 37 heavy (non-hydrogen) atoms. The highest BCUT2D eigenvalue weighted by Crippen LogP contribution is 2.32. The number of nitrogens with zero attached hydrogens (tertiary/aromatic N) is 2. The number of carboxylic acids is 1. The van der Waals surface area contributed by atoms with Gasteiger partial charge in [0.25, 0.3) is 0 Å². The molecule has 2 heterocycles. The van der Waals surface area contributed by atoms with Crippen LogP contribution in [-0.4, -0.2) is 46.8 Å². The summed E-state index contributed by atoms with van der Waals surface area (Å²) in [5.41, 5.74) is 4.65. The van der Waals surface area contributed by atoms with Gasteiger partial charge in [-0.1, -0.05) is 28.9 Å². The van der Waals surface area contributed by atoms with E-state index in [4.69, 9.17) is 13.9 Å². The summed E-state index contributed by atoms with van der Waals surface area (Å²) in [6.07, 6.45) is 2.03. The van der Waals surface area contributed by atoms with Crippen LogP contribution in [-0.2, 0) is 35.3 Å². The second-order valence-electron chi connectivity index (χ2n) is 8.99. The number of carbonyl (C=O) groups is 2. The van der Waals surface area contributed by atoms with E-state index < -0.39 is 5.97 Å². The summed E-state index contributed by atoms with van der Waals surface area (Å²) in [5, 5.41) is 9.18. The van der Waals surface area contributed by atoms with Crippen LogP contribution in [0.2, 0.25) is 0 Å². The van der Waals surface area contributed by atoms with Crippen molar-refractivity contribution in [3.63, 3.8) is 0 Å². The molecule has 0 saturated heterocycles. The predicted octanol–water partition coefficient (Wildman–Crippen LogP) is 5.96. The monoisotopic (exact) mass is 570 g/mol. The van der Waals surface area contributed by atoms with Crippen molar-refractivity contribution in [2.24, 2.45) is 0 Å². The van der Waals surface area contributed by atoms with Crippen LogP contribution in [0.15, 0.2) is 45.3 Å². The number of aliphatic carboxylic acids is 1. The number of carboxylic acid groups (broad SMARTS) is 1. The molecule has 4 rings (SSSR count). The lowest BCUT2D eigenvalue weighted by molar-refractivity contribution is -0.136. The zero-order chi connectivity index (χ0) is 26.4. The number of aryl methyl sites for hydroxylation is 2. The fourth-order valence-electron chi connectivity index (χ4n) is 4.39. The van der Waals surface area contributed by atoms with Crippen LogP contribution >= 0.6 is 15.9 Å². The minimum Gasteiger partial charge on any atom is -0.493 e. The molecule has 0 aliphatic carbocycles. The molecule has 1 amide bonds. The fourth-order valence-corrected chi connectivity index (χ4v) is 4.65. The van der Waals surface area contributed by atoms with Crippen LogP contribution in [0.3, 0.4) is 0 Å². The largest absolute Gasteiger partial charge is 0.493 e. The molecule has 3 aromatic rings. The Kier molecular flexibility index (Phi) is 8.87. The zero-order valence-corrected chi connectivity index (χ0v) is 22.7. The summed E-state index contributed by atoms with van der Waals surface area (Å²) in [5.74, 6) is 1.24. The van der Waals surface area contributed by atoms with Gasteiger partial charge in [-0.05, 0) is 67.6 Å². The molecule has 1 aromatic heterocycles. The fraction of sp³-hybridized carbons (Fsp3) is 0.393. The first-order chi connectivity index (χ1) is 17.9. The first-order valence-corrected chi connectivity index (χ1v) is 13.3. The third-order valence-electron chi connectivity index (χ3n) is 6.34. The Balaban J connectivity index is 1.47. The van der Waals surface area contributed by atoms with Gasteiger partial charge >= 0.3 is 12.1 Å². The van der Waals surface area contributed by atoms with Crippen molar-refractivity contribution in [1.29, 1.82) is 0 Å². The van der Waals surface area contributed by atoms with Gasteiger partial charge in [0, 0.05) is 41.5 Å². The summed E-state index contributed by atoms with van der Waals surface area (Å²) in [6.45, 7) is 5.54. The second-order valence-corrected chi connectivity index (χ2v) is 9.90. The van der Waals surface area contributed by atoms with E-state index in [1.165, 1.54) is 0 Å². The number of oxazole rings is 1. The number of halogens is 1. The van der Waals surface area contributed by atoms with Gasteiger partial charge < -0.3 is 23.9 Å². The number of carbonyl (C=O) groups excluding carboxylic acids is 1. The molecule has 1 aliphatic rings. The summed E-state index contributed by atoms with van der Waals surface area (Å²) in [4.78, 5) is 30.0. The van der Waals surface area contributed by atoms with E-state index in [0.29, 0.717) is 51.5 Å². The van der Waals surface area contributed by atoms with Crippen molar-refractivity contribution in [3.05, 3.63) is 69.0 Å². The quantitative estimate of drug-likeness (QED) is 0.321. The van der Waals surface area contributed by atoms with Crippen molar-refractivity contribution < 1.29 is 28.6 Å². The third-order valence-corrected chi connectivity index (χ3v) is 6.87. The first kappa shape index (κ1) is 26.7. The maximum Gasteiger partial charge on any atom is 0.410 e. The van der Waals surface area contributed by atoms with Crippen molar-refractivity contribution in [2.75, 3.05) is 19.8 Å². The van der Waals surface area contributed by atoms with Crippen molar-refractivity contribution >= 4 is 28.0 Å². The molecule has 0 bridgehead atoms. The van der Waals surface area contributed by atoms with E-state index >= 15 is 0 Å². The summed E-state index contributed by atoms with van der Waals surface area (Å²) < 4.78 is 18.4. The molecular formula is C28H31BrN2O6. The number of fused-ring (bicyclic) bond motifs is 1. The molecule has 0 atom stereocenters. The molecule has 2 aromatic carbocycles. The maximum atomic E-state index is 12.5. The lowest BCUT2D eigenvalue weighted by Crippen LogP contribution is -2.37. The number of ether oxygens (including phenoxy) is 2. The van der Waals surface area contributed by atoms with Crippen LogP contribution < -0.4 is 4.74 Å². The van der Waals surface area contributed by atoms with Crippen molar-refractivity contribution in [1.82, 2.24) is 9.88 Å². The molecule has 1 N–H and O–H groups in total. The van der Waals surface area contributed by atoms with Crippen LogP contribution in [0.5, 0.6) is 5.75 Å². The molecule has 0 saturated carbocycles.